The van der Waals surface area contributed by atoms with E-state index >= 15 is 0 Å². The quantitative estimate of drug-likeness (QED) is 0.346. The summed E-state index contributed by atoms with van der Waals surface area (Å²) in [5.41, 5.74) is 3.48. The molecule has 0 N–H and O–H groups in total. The Labute approximate surface area is 188 Å². The van der Waals surface area contributed by atoms with Crippen LogP contribution in [0.4, 0.5) is 0 Å². The molecule has 2 rings (SSSR count). The van der Waals surface area contributed by atoms with E-state index in [4.69, 9.17) is 0 Å². The van der Waals surface area contributed by atoms with Gasteiger partial charge in [0.1, 0.15) is 0 Å². The first kappa shape index (κ1) is 32.4. The van der Waals surface area contributed by atoms with Crippen molar-refractivity contribution in [3.8, 4) is 0 Å². The third kappa shape index (κ3) is 15.0. The zero-order valence-electron chi connectivity index (χ0n) is 16.5. The third-order valence-corrected chi connectivity index (χ3v) is 3.06. The molecule has 0 bridgehead atoms. The van der Waals surface area contributed by atoms with E-state index in [1.165, 1.54) is 11.1 Å². The van der Waals surface area contributed by atoms with Crippen LogP contribution in [-0.2, 0) is 37.0 Å². The summed E-state index contributed by atoms with van der Waals surface area (Å²) in [6.45, 7) is 13.3. The van der Waals surface area contributed by atoms with Crippen LogP contribution in [0.2, 0.25) is 11.5 Å². The summed E-state index contributed by atoms with van der Waals surface area (Å²) in [5.74, 6) is 4.56. The molecule has 0 atom stereocenters. The summed E-state index contributed by atoms with van der Waals surface area (Å²) < 4.78 is 0. The Kier molecular flexibility index (Phi) is 21.5. The summed E-state index contributed by atoms with van der Waals surface area (Å²) in [7, 11) is 0. The van der Waals surface area contributed by atoms with Gasteiger partial charge in [-0.25, -0.2) is 24.3 Å². The van der Waals surface area contributed by atoms with Crippen molar-refractivity contribution >= 4 is 15.4 Å². The van der Waals surface area contributed by atoms with Crippen molar-refractivity contribution < 1.29 is 51.0 Å². The molecule has 0 fully saturated rings. The first-order valence-corrected chi connectivity index (χ1v) is 12.7. The van der Waals surface area contributed by atoms with E-state index in [1.807, 2.05) is 0 Å². The molecule has 2 aromatic carbocycles. The molecule has 24 heavy (non-hydrogen) atoms. The number of halogens is 2. The largest absolute Gasteiger partial charge is 4.00 e. The molecule has 0 heterocycles. The van der Waals surface area contributed by atoms with Gasteiger partial charge < -0.3 is 24.8 Å². The minimum atomic E-state index is 0. The predicted molar refractivity (Wildman–Crippen MR) is 100 cm³/mol. The fraction of sp³-hybridized carbons (Fsp3) is 0.500. The molecular weight excluding hydrogens is 475 g/mol. The van der Waals surface area contributed by atoms with Crippen molar-refractivity contribution in [1.82, 2.24) is 0 Å². The van der Waals surface area contributed by atoms with E-state index in [0.29, 0.717) is 26.3 Å². The zero-order valence-corrected chi connectivity index (χ0v) is 22.8. The summed E-state index contributed by atoms with van der Waals surface area (Å²) in [6.07, 6.45) is 0. The van der Waals surface area contributed by atoms with Gasteiger partial charge in [-0.2, -0.15) is 35.4 Å². The number of rotatable bonds is 0. The molecule has 0 aliphatic carbocycles. The SMILES string of the molecule is CC(C)(C)[c-]1cccc1.CC(C)(C)[c-]1cccc1.[CH3][GeH][CH3].[Cl-].[Cl-].[Zr+4]. The average Bonchev–Trinajstić information content (AvgIpc) is 3.03. The van der Waals surface area contributed by atoms with E-state index in [9.17, 15) is 0 Å². The van der Waals surface area contributed by atoms with Gasteiger partial charge in [-0.1, -0.05) is 52.4 Å². The van der Waals surface area contributed by atoms with E-state index in [2.05, 4.69) is 102 Å². The summed E-state index contributed by atoms with van der Waals surface area (Å²) in [5, 5.41) is 0. The van der Waals surface area contributed by atoms with Crippen molar-refractivity contribution in [2.24, 2.45) is 0 Å². The van der Waals surface area contributed by atoms with Crippen molar-refractivity contribution in [2.75, 3.05) is 0 Å². The Bertz CT molecular complexity index is 405. The van der Waals surface area contributed by atoms with Gasteiger partial charge >= 0.3 is 53.1 Å². The van der Waals surface area contributed by atoms with Crippen LogP contribution in [0.5, 0.6) is 0 Å². The van der Waals surface area contributed by atoms with Crippen LogP contribution >= 0.6 is 0 Å². The maximum atomic E-state index is 2.28. The second-order valence-electron chi connectivity index (χ2n) is 7.42. The van der Waals surface area contributed by atoms with Crippen LogP contribution in [0.1, 0.15) is 52.7 Å². The van der Waals surface area contributed by atoms with Crippen molar-refractivity contribution in [3.05, 3.63) is 59.7 Å². The van der Waals surface area contributed by atoms with Crippen LogP contribution in [0.3, 0.4) is 0 Å². The summed E-state index contributed by atoms with van der Waals surface area (Å²) in [6, 6.07) is 17.0. The standard InChI is InChI=1S/2C9H13.C2H7Ge.2ClH.Zr/c2*1-9(2,3)8-6-4-5-7-8;1-3-2;;;/h2*4-7H,1-3H3;3H,1-2H3;2*1H;/q2*-1;;;;+4/p-2. The second-order valence-corrected chi connectivity index (χ2v) is 9.85. The van der Waals surface area contributed by atoms with Gasteiger partial charge in [0.05, 0.1) is 0 Å². The maximum absolute atomic E-state index is 2.28. The first-order chi connectivity index (χ1) is 9.62. The Morgan fingerprint density at radius 3 is 0.833 bits per heavy atom. The zero-order chi connectivity index (χ0) is 16.5. The Hall–Kier alpha value is 0.706. The molecule has 0 unspecified atom stereocenters. The first-order valence-electron chi connectivity index (χ1n) is 7.81. The van der Waals surface area contributed by atoms with Gasteiger partial charge in [0.2, 0.25) is 0 Å². The molecule has 0 aliphatic rings. The molecule has 0 aromatic heterocycles. The molecule has 0 saturated heterocycles. The van der Waals surface area contributed by atoms with Crippen LogP contribution in [0.15, 0.2) is 48.5 Å². The number of hydrogen-bond acceptors (Lipinski definition) is 0. The third-order valence-electron chi connectivity index (χ3n) is 3.06. The van der Waals surface area contributed by atoms with E-state index in [1.54, 1.807) is 0 Å². The Morgan fingerprint density at radius 2 is 0.750 bits per heavy atom. The number of hydrogen-bond donors (Lipinski definition) is 0. The van der Waals surface area contributed by atoms with Crippen LogP contribution in [0, 0.1) is 0 Å². The van der Waals surface area contributed by atoms with Crippen LogP contribution in [-0.4, -0.2) is 15.4 Å². The predicted octanol–water partition coefficient (Wildman–Crippen LogP) is -0.0694. The average molecular weight is 508 g/mol. The van der Waals surface area contributed by atoms with E-state index in [0.717, 1.165) is 0 Å². The van der Waals surface area contributed by atoms with Crippen molar-refractivity contribution in [3.63, 3.8) is 0 Å². The Balaban J connectivity index is -0.000000130. The summed E-state index contributed by atoms with van der Waals surface area (Å²) >= 11 is 0.312. The second kappa shape index (κ2) is 15.9. The molecule has 0 spiro atoms. The molecule has 0 saturated carbocycles. The Morgan fingerprint density at radius 1 is 0.583 bits per heavy atom. The van der Waals surface area contributed by atoms with Gasteiger partial charge in [0.25, 0.3) is 0 Å². The van der Waals surface area contributed by atoms with Gasteiger partial charge in [-0.05, 0) is 0 Å². The van der Waals surface area contributed by atoms with Gasteiger partial charge in [-0.3, -0.25) is 0 Å². The van der Waals surface area contributed by atoms with Crippen LogP contribution < -0.4 is 24.8 Å². The molecule has 4 heteroatoms. The molecule has 135 valence electrons. The van der Waals surface area contributed by atoms with Crippen molar-refractivity contribution in [2.45, 2.75) is 63.9 Å². The minimum absolute atomic E-state index is 0. The van der Waals surface area contributed by atoms with Gasteiger partial charge in [0, 0.05) is 0 Å². The molecule has 0 amide bonds. The van der Waals surface area contributed by atoms with E-state index in [-0.39, 0.29) is 51.0 Å². The molecule has 2 aromatic rings. The molecular formula is C20H33Cl2GeZr. The molecule has 1 radical (unpaired) electrons. The fourth-order valence-electron chi connectivity index (χ4n) is 1.75. The van der Waals surface area contributed by atoms with E-state index < -0.39 is 0 Å². The normalized spacial score (nSPS) is 9.67. The van der Waals surface area contributed by atoms with Gasteiger partial charge in [-0.15, -0.1) is 0 Å². The van der Waals surface area contributed by atoms with Crippen LogP contribution in [0.25, 0.3) is 0 Å². The monoisotopic (exact) mass is 507 g/mol. The molecule has 0 aliphatic heterocycles. The van der Waals surface area contributed by atoms with Crippen molar-refractivity contribution in [1.29, 1.82) is 0 Å². The minimum Gasteiger partial charge on any atom is -1.00 e. The van der Waals surface area contributed by atoms with Gasteiger partial charge in [0.15, 0.2) is 0 Å². The fourth-order valence-corrected chi connectivity index (χ4v) is 1.75. The maximum Gasteiger partial charge on any atom is 4.00 e. The summed E-state index contributed by atoms with van der Waals surface area (Å²) in [4.78, 5) is 0. The smallest absolute Gasteiger partial charge is 1.00 e. The molecule has 0 nitrogen and oxygen atoms in total. The topological polar surface area (TPSA) is 0 Å².